The summed E-state index contributed by atoms with van der Waals surface area (Å²) in [7, 11) is 0. The van der Waals surface area contributed by atoms with Gasteiger partial charge in [0.05, 0.1) is 12.6 Å². The highest BCUT2D eigenvalue weighted by Crippen LogP contribution is 2.22. The van der Waals surface area contributed by atoms with Crippen molar-refractivity contribution in [2.75, 3.05) is 35.4 Å². The molecular formula is C14H19N3O3S. The van der Waals surface area contributed by atoms with E-state index in [9.17, 15) is 9.59 Å². The topological polar surface area (TPSA) is 84.7 Å². The third-order valence-electron chi connectivity index (χ3n) is 3.16. The summed E-state index contributed by atoms with van der Waals surface area (Å²) in [5, 5.41) is 2.78. The van der Waals surface area contributed by atoms with E-state index < -0.39 is 6.04 Å². The number of anilines is 2. The number of cyclic esters (lactones) is 1. The predicted octanol–water partition coefficient (Wildman–Crippen LogP) is 1.66. The number of nitrogens with zero attached hydrogens (tertiary/aromatic N) is 1. The van der Waals surface area contributed by atoms with Gasteiger partial charge in [-0.2, -0.15) is 11.8 Å². The van der Waals surface area contributed by atoms with Crippen LogP contribution in [0.25, 0.3) is 0 Å². The number of ether oxygens (including phenoxy) is 1. The van der Waals surface area contributed by atoms with Crippen molar-refractivity contribution in [1.82, 2.24) is 0 Å². The van der Waals surface area contributed by atoms with E-state index in [2.05, 4.69) is 5.32 Å². The minimum atomic E-state index is -0.530. The smallest absolute Gasteiger partial charge is 0.414 e. The number of hydrogen-bond donors (Lipinski definition) is 2. The van der Waals surface area contributed by atoms with Crippen LogP contribution in [-0.2, 0) is 9.53 Å². The molecule has 1 aromatic carbocycles. The first kappa shape index (κ1) is 15.7. The Morgan fingerprint density at radius 2 is 2.38 bits per heavy atom. The molecule has 0 unspecified atom stereocenters. The Balaban J connectivity index is 2.01. The monoisotopic (exact) mass is 309 g/mol. The normalized spacial score (nSPS) is 15.7. The number of carbonyl (C=O) groups is 2. The van der Waals surface area contributed by atoms with Crippen molar-refractivity contribution in [2.24, 2.45) is 5.73 Å². The van der Waals surface area contributed by atoms with Crippen LogP contribution in [-0.4, -0.2) is 43.2 Å². The molecule has 1 atom stereocenters. The largest absolute Gasteiger partial charge is 0.447 e. The minimum Gasteiger partial charge on any atom is -0.447 e. The summed E-state index contributed by atoms with van der Waals surface area (Å²) in [5.74, 6) is 0.624. The first-order valence-corrected chi connectivity index (χ1v) is 8.11. The molecule has 0 radical (unpaired) electrons. The number of rotatable bonds is 6. The molecule has 0 saturated carbocycles. The molecule has 114 valence electrons. The van der Waals surface area contributed by atoms with Crippen molar-refractivity contribution in [3.63, 3.8) is 0 Å². The van der Waals surface area contributed by atoms with E-state index in [0.29, 0.717) is 30.9 Å². The third-order valence-corrected chi connectivity index (χ3v) is 3.80. The average Bonchev–Trinajstić information content (AvgIpc) is 2.91. The van der Waals surface area contributed by atoms with Gasteiger partial charge in [-0.25, -0.2) is 4.79 Å². The third kappa shape index (κ3) is 4.12. The molecule has 1 aliphatic rings. The summed E-state index contributed by atoms with van der Waals surface area (Å²) < 4.78 is 4.90. The first-order valence-electron chi connectivity index (χ1n) is 6.71. The van der Waals surface area contributed by atoms with E-state index in [1.54, 1.807) is 36.0 Å². The molecule has 21 heavy (non-hydrogen) atoms. The molecule has 1 aromatic rings. The molecule has 6 nitrogen and oxygen atoms in total. The van der Waals surface area contributed by atoms with Gasteiger partial charge in [0, 0.05) is 11.4 Å². The van der Waals surface area contributed by atoms with Gasteiger partial charge in [-0.3, -0.25) is 9.69 Å². The van der Waals surface area contributed by atoms with Crippen LogP contribution >= 0.6 is 11.8 Å². The van der Waals surface area contributed by atoms with Crippen molar-refractivity contribution in [1.29, 1.82) is 0 Å². The van der Waals surface area contributed by atoms with Crippen molar-refractivity contribution in [3.05, 3.63) is 24.3 Å². The minimum absolute atomic E-state index is 0.217. The van der Waals surface area contributed by atoms with Crippen molar-refractivity contribution in [2.45, 2.75) is 12.5 Å². The summed E-state index contributed by atoms with van der Waals surface area (Å²) in [6.07, 6.45) is 2.24. The number of benzene rings is 1. The van der Waals surface area contributed by atoms with Crippen molar-refractivity contribution < 1.29 is 14.3 Å². The Morgan fingerprint density at radius 3 is 3.05 bits per heavy atom. The Labute approximate surface area is 128 Å². The van der Waals surface area contributed by atoms with Crippen LogP contribution in [0.1, 0.15) is 6.42 Å². The lowest BCUT2D eigenvalue weighted by atomic mass is 10.2. The molecular weight excluding hydrogens is 290 g/mol. The zero-order valence-corrected chi connectivity index (χ0v) is 12.7. The van der Waals surface area contributed by atoms with E-state index >= 15 is 0 Å². The number of carbonyl (C=O) groups excluding carboxylic acids is 2. The van der Waals surface area contributed by atoms with Crippen LogP contribution in [0.2, 0.25) is 0 Å². The van der Waals surface area contributed by atoms with Crippen LogP contribution in [0.4, 0.5) is 16.2 Å². The highest BCUT2D eigenvalue weighted by atomic mass is 32.2. The molecule has 1 heterocycles. The Bertz CT molecular complexity index is 524. The Kier molecular flexibility index (Phi) is 5.46. The maximum atomic E-state index is 12.0. The fraction of sp³-hybridized carbons (Fsp3) is 0.429. The summed E-state index contributed by atoms with van der Waals surface area (Å²) in [6.45, 7) is 0.901. The second-order valence-electron chi connectivity index (χ2n) is 4.69. The lowest BCUT2D eigenvalue weighted by Crippen LogP contribution is -2.36. The molecule has 7 heteroatoms. The summed E-state index contributed by atoms with van der Waals surface area (Å²) in [5.41, 5.74) is 7.15. The lowest BCUT2D eigenvalue weighted by Gasteiger charge is -2.15. The van der Waals surface area contributed by atoms with Gasteiger partial charge in [-0.15, -0.1) is 0 Å². The van der Waals surface area contributed by atoms with Gasteiger partial charge in [-0.1, -0.05) is 6.07 Å². The number of hydrogen-bond acceptors (Lipinski definition) is 5. The highest BCUT2D eigenvalue weighted by Gasteiger charge is 2.23. The predicted molar refractivity (Wildman–Crippen MR) is 84.7 cm³/mol. The fourth-order valence-electron chi connectivity index (χ4n) is 1.99. The summed E-state index contributed by atoms with van der Waals surface area (Å²) >= 11 is 1.66. The van der Waals surface area contributed by atoms with Crippen molar-refractivity contribution >= 4 is 35.1 Å². The van der Waals surface area contributed by atoms with Gasteiger partial charge >= 0.3 is 6.09 Å². The van der Waals surface area contributed by atoms with Crippen LogP contribution in [0.15, 0.2) is 24.3 Å². The van der Waals surface area contributed by atoms with Gasteiger partial charge in [0.15, 0.2) is 0 Å². The van der Waals surface area contributed by atoms with E-state index in [0.717, 1.165) is 5.75 Å². The Morgan fingerprint density at radius 1 is 1.57 bits per heavy atom. The summed E-state index contributed by atoms with van der Waals surface area (Å²) in [6, 6.07) is 6.56. The highest BCUT2D eigenvalue weighted by molar-refractivity contribution is 7.98. The maximum absolute atomic E-state index is 12.0. The molecule has 2 amide bonds. The van der Waals surface area contributed by atoms with Crippen LogP contribution < -0.4 is 16.0 Å². The van der Waals surface area contributed by atoms with Crippen LogP contribution in [0.5, 0.6) is 0 Å². The molecule has 1 fully saturated rings. The molecule has 3 N–H and O–H groups in total. The maximum Gasteiger partial charge on any atom is 0.414 e. The second-order valence-corrected chi connectivity index (χ2v) is 5.68. The van der Waals surface area contributed by atoms with Gasteiger partial charge in [0.25, 0.3) is 0 Å². The molecule has 0 aromatic heterocycles. The first-order chi connectivity index (χ1) is 10.1. The van der Waals surface area contributed by atoms with E-state index in [1.165, 1.54) is 4.90 Å². The van der Waals surface area contributed by atoms with Gasteiger partial charge in [-0.05, 0) is 36.6 Å². The molecule has 1 aliphatic heterocycles. The van der Waals surface area contributed by atoms with E-state index in [1.807, 2.05) is 6.26 Å². The number of thioether (sulfide) groups is 1. The Hall–Kier alpha value is -1.73. The lowest BCUT2D eigenvalue weighted by molar-refractivity contribution is -0.117. The molecule has 0 spiro atoms. The van der Waals surface area contributed by atoms with E-state index in [-0.39, 0.29) is 12.0 Å². The second kappa shape index (κ2) is 7.33. The number of amides is 2. The average molecular weight is 309 g/mol. The SMILES string of the molecule is CSCC[C@@H](N)C(=O)Nc1cccc(N2CCOC2=O)c1. The zero-order valence-electron chi connectivity index (χ0n) is 11.9. The fourth-order valence-corrected chi connectivity index (χ4v) is 2.48. The molecule has 1 saturated heterocycles. The zero-order chi connectivity index (χ0) is 15.2. The van der Waals surface area contributed by atoms with Gasteiger partial charge in [0.2, 0.25) is 5.91 Å². The van der Waals surface area contributed by atoms with E-state index in [4.69, 9.17) is 10.5 Å². The van der Waals surface area contributed by atoms with Crippen LogP contribution in [0.3, 0.4) is 0 Å². The summed E-state index contributed by atoms with van der Waals surface area (Å²) in [4.78, 5) is 25.0. The van der Waals surface area contributed by atoms with Crippen molar-refractivity contribution in [3.8, 4) is 0 Å². The standard InChI is InChI=1S/C14H19N3O3S/c1-21-8-5-12(15)13(18)16-10-3-2-4-11(9-10)17-6-7-20-14(17)19/h2-4,9,12H,5-8,15H2,1H3,(H,16,18)/t12-/m1/s1. The van der Waals surface area contributed by atoms with Crippen LogP contribution in [0, 0.1) is 0 Å². The molecule has 2 rings (SSSR count). The number of nitrogens with two attached hydrogens (primary N) is 1. The van der Waals surface area contributed by atoms with Gasteiger partial charge < -0.3 is 15.8 Å². The molecule has 0 bridgehead atoms. The molecule has 0 aliphatic carbocycles. The van der Waals surface area contributed by atoms with Gasteiger partial charge in [0.1, 0.15) is 6.61 Å². The quantitative estimate of drug-likeness (QED) is 0.835. The number of nitrogens with one attached hydrogen (secondary N) is 1.